The van der Waals surface area contributed by atoms with Crippen LogP contribution in [0.3, 0.4) is 0 Å². The van der Waals surface area contributed by atoms with Crippen molar-refractivity contribution < 1.29 is 21.6 Å². The fourth-order valence-corrected chi connectivity index (χ4v) is 3.18. The van der Waals surface area contributed by atoms with Gasteiger partial charge in [-0.05, 0) is 33.0 Å². The number of hydrogen-bond acceptors (Lipinski definition) is 4. The van der Waals surface area contributed by atoms with Gasteiger partial charge < -0.3 is 10.6 Å². The van der Waals surface area contributed by atoms with Crippen molar-refractivity contribution >= 4 is 10.2 Å². The van der Waals surface area contributed by atoms with Gasteiger partial charge in [0.25, 0.3) is 10.2 Å². The lowest BCUT2D eigenvalue weighted by Crippen LogP contribution is -2.61. The Kier molecular flexibility index (Phi) is 5.18. The zero-order valence-corrected chi connectivity index (χ0v) is 11.4. The number of halogens is 3. The number of piperidine rings is 1. The molecule has 1 aliphatic rings. The normalized spacial score (nSPS) is 21.5. The lowest BCUT2D eigenvalue weighted by molar-refractivity contribution is -0.121. The molecule has 1 rings (SSSR count). The number of rotatable bonds is 5. The number of nitrogens with one attached hydrogen (secondary N) is 2. The lowest BCUT2D eigenvalue weighted by Gasteiger charge is -2.40. The van der Waals surface area contributed by atoms with Gasteiger partial charge in [-0.15, -0.1) is 0 Å². The Bertz CT molecular complexity index is 391. The van der Waals surface area contributed by atoms with E-state index >= 15 is 0 Å². The van der Waals surface area contributed by atoms with E-state index < -0.39 is 28.5 Å². The molecule has 0 unspecified atom stereocenters. The third-order valence-electron chi connectivity index (χ3n) is 3.15. The van der Waals surface area contributed by atoms with Crippen LogP contribution in [-0.2, 0) is 10.2 Å². The van der Waals surface area contributed by atoms with Gasteiger partial charge in [-0.25, -0.2) is 0 Å². The summed E-state index contributed by atoms with van der Waals surface area (Å²) >= 11 is 0. The fourth-order valence-electron chi connectivity index (χ4n) is 1.89. The number of likely N-dealkylation sites (tertiary alicyclic amines) is 1. The highest BCUT2D eigenvalue weighted by Gasteiger charge is 2.37. The molecule has 0 radical (unpaired) electrons. The van der Waals surface area contributed by atoms with Crippen molar-refractivity contribution in [1.82, 2.24) is 14.3 Å². The van der Waals surface area contributed by atoms with Gasteiger partial charge in [-0.1, -0.05) is 0 Å². The summed E-state index contributed by atoms with van der Waals surface area (Å²) in [7, 11) is -2.34. The van der Waals surface area contributed by atoms with Crippen LogP contribution < -0.4 is 15.2 Å². The molecule has 0 aromatic heterocycles. The van der Waals surface area contributed by atoms with E-state index in [1.165, 1.54) is 4.72 Å². The molecule has 0 amide bonds. The first-order valence-electron chi connectivity index (χ1n) is 5.81. The summed E-state index contributed by atoms with van der Waals surface area (Å²) in [6, 6.07) is 0. The summed E-state index contributed by atoms with van der Waals surface area (Å²) in [4.78, 5) is 2.01. The molecule has 0 bridgehead atoms. The number of hydrogen-bond donors (Lipinski definition) is 3. The van der Waals surface area contributed by atoms with Crippen LogP contribution in [0.2, 0.25) is 0 Å². The first kappa shape index (κ1) is 16.6. The van der Waals surface area contributed by atoms with E-state index in [9.17, 15) is 21.6 Å². The molecule has 6 nitrogen and oxygen atoms in total. The quantitative estimate of drug-likeness (QED) is 0.633. The SMILES string of the molecule is CN1CCC(CN)(NS(=O)(=O)NCC(F)(F)F)CC1. The van der Waals surface area contributed by atoms with Gasteiger partial charge >= 0.3 is 6.18 Å². The average Bonchev–Trinajstić information content (AvgIpc) is 2.29. The van der Waals surface area contributed by atoms with Crippen molar-refractivity contribution in [3.05, 3.63) is 0 Å². The third kappa shape index (κ3) is 5.61. The summed E-state index contributed by atoms with van der Waals surface area (Å²) < 4.78 is 63.0. The van der Waals surface area contributed by atoms with E-state index in [2.05, 4.69) is 4.72 Å². The van der Waals surface area contributed by atoms with E-state index in [0.717, 1.165) is 0 Å². The largest absolute Gasteiger partial charge is 0.402 e. The second-order valence-corrected chi connectivity index (χ2v) is 6.33. The maximum absolute atomic E-state index is 12.0. The van der Waals surface area contributed by atoms with E-state index in [4.69, 9.17) is 5.73 Å². The van der Waals surface area contributed by atoms with Crippen LogP contribution in [0.4, 0.5) is 13.2 Å². The Labute approximate surface area is 110 Å². The molecule has 0 saturated carbocycles. The van der Waals surface area contributed by atoms with Crippen LogP contribution in [0.25, 0.3) is 0 Å². The van der Waals surface area contributed by atoms with Gasteiger partial charge in [0.1, 0.15) is 6.54 Å². The van der Waals surface area contributed by atoms with Crippen LogP contribution in [-0.4, -0.2) is 58.3 Å². The lowest BCUT2D eigenvalue weighted by atomic mass is 9.89. The third-order valence-corrected chi connectivity index (χ3v) is 4.37. The van der Waals surface area contributed by atoms with E-state index in [1.807, 2.05) is 11.9 Å². The van der Waals surface area contributed by atoms with E-state index in [-0.39, 0.29) is 6.54 Å². The number of nitrogens with two attached hydrogens (primary N) is 1. The highest BCUT2D eigenvalue weighted by atomic mass is 32.2. The van der Waals surface area contributed by atoms with Crippen LogP contribution in [0.5, 0.6) is 0 Å². The van der Waals surface area contributed by atoms with Crippen molar-refractivity contribution in [1.29, 1.82) is 0 Å². The molecule has 0 aliphatic carbocycles. The first-order chi connectivity index (χ1) is 8.58. The van der Waals surface area contributed by atoms with Crippen LogP contribution in [0.15, 0.2) is 0 Å². The van der Waals surface area contributed by atoms with E-state index in [0.29, 0.717) is 25.9 Å². The van der Waals surface area contributed by atoms with Crippen LogP contribution in [0, 0.1) is 0 Å². The number of alkyl halides is 3. The molecule has 114 valence electrons. The molecule has 0 spiro atoms. The standard InChI is InChI=1S/C9H19F3N4O2S/c1-16-4-2-8(6-13,3-5-16)15-19(17,18)14-7-9(10,11)12/h14-15H,2-7,13H2,1H3. The van der Waals surface area contributed by atoms with Gasteiger partial charge in [0.05, 0.1) is 0 Å². The molecule has 0 aromatic rings. The summed E-state index contributed by atoms with van der Waals surface area (Å²) in [6.45, 7) is -0.269. The Morgan fingerprint density at radius 2 is 1.84 bits per heavy atom. The minimum atomic E-state index is -4.59. The summed E-state index contributed by atoms with van der Waals surface area (Å²) in [6.07, 6.45) is -3.66. The molecule has 4 N–H and O–H groups in total. The smallest absolute Gasteiger partial charge is 0.329 e. The molecule has 1 fully saturated rings. The second-order valence-electron chi connectivity index (χ2n) is 4.83. The summed E-state index contributed by atoms with van der Waals surface area (Å²) in [5.74, 6) is 0. The van der Waals surface area contributed by atoms with Crippen LogP contribution >= 0.6 is 0 Å². The average molecular weight is 304 g/mol. The Hall–Kier alpha value is -0.420. The molecule has 1 saturated heterocycles. The monoisotopic (exact) mass is 304 g/mol. The first-order valence-corrected chi connectivity index (χ1v) is 7.30. The topological polar surface area (TPSA) is 87.5 Å². The van der Waals surface area contributed by atoms with Crippen LogP contribution in [0.1, 0.15) is 12.8 Å². The second kappa shape index (κ2) is 5.92. The van der Waals surface area contributed by atoms with E-state index in [1.54, 1.807) is 0 Å². The molecular formula is C9H19F3N4O2S. The van der Waals surface area contributed by atoms with Gasteiger partial charge in [0.2, 0.25) is 0 Å². The minimum Gasteiger partial charge on any atom is -0.329 e. The predicted octanol–water partition coefficient (Wildman–Crippen LogP) is -0.604. The maximum Gasteiger partial charge on any atom is 0.402 e. The molecule has 0 atom stereocenters. The van der Waals surface area contributed by atoms with Crippen molar-refractivity contribution in [2.24, 2.45) is 5.73 Å². The Balaban J connectivity index is 2.64. The van der Waals surface area contributed by atoms with Crippen molar-refractivity contribution in [2.75, 3.05) is 33.2 Å². The van der Waals surface area contributed by atoms with Gasteiger partial charge in [0.15, 0.2) is 0 Å². The molecule has 1 heterocycles. The van der Waals surface area contributed by atoms with Gasteiger partial charge in [0, 0.05) is 12.1 Å². The van der Waals surface area contributed by atoms with Gasteiger partial charge in [-0.2, -0.15) is 31.0 Å². The Morgan fingerprint density at radius 3 is 2.26 bits per heavy atom. The van der Waals surface area contributed by atoms with Crippen molar-refractivity contribution in [2.45, 2.75) is 24.6 Å². The zero-order chi connectivity index (χ0) is 14.7. The molecule has 10 heteroatoms. The predicted molar refractivity (Wildman–Crippen MR) is 64.6 cm³/mol. The molecule has 0 aromatic carbocycles. The molecular weight excluding hydrogens is 285 g/mol. The summed E-state index contributed by atoms with van der Waals surface area (Å²) in [5.41, 5.74) is 4.71. The van der Waals surface area contributed by atoms with Crippen molar-refractivity contribution in [3.8, 4) is 0 Å². The fraction of sp³-hybridized carbons (Fsp3) is 1.00. The minimum absolute atomic E-state index is 0.0494. The highest BCUT2D eigenvalue weighted by Crippen LogP contribution is 2.21. The molecule has 19 heavy (non-hydrogen) atoms. The van der Waals surface area contributed by atoms with Gasteiger partial charge in [-0.3, -0.25) is 0 Å². The Morgan fingerprint density at radius 1 is 1.32 bits per heavy atom. The summed E-state index contributed by atoms with van der Waals surface area (Å²) in [5, 5.41) is 0. The zero-order valence-electron chi connectivity index (χ0n) is 10.6. The van der Waals surface area contributed by atoms with Crippen molar-refractivity contribution in [3.63, 3.8) is 0 Å². The highest BCUT2D eigenvalue weighted by molar-refractivity contribution is 7.87. The maximum atomic E-state index is 12.0. The molecule has 1 aliphatic heterocycles. The number of nitrogens with zero attached hydrogens (tertiary/aromatic N) is 1.